The molecule has 0 aliphatic heterocycles. The zero-order valence-electron chi connectivity index (χ0n) is 12.6. The van der Waals surface area contributed by atoms with Crippen LogP contribution in [0.1, 0.15) is 15.9 Å². The Bertz CT molecular complexity index is 782. The van der Waals surface area contributed by atoms with Crippen LogP contribution < -0.4 is 10.1 Å². The minimum atomic E-state index is -0.226. The van der Waals surface area contributed by atoms with Crippen LogP contribution in [0.5, 0.6) is 5.88 Å². The molecule has 0 aliphatic rings. The first-order chi connectivity index (χ1) is 11.2. The summed E-state index contributed by atoms with van der Waals surface area (Å²) in [7, 11) is 1.54. The minimum Gasteiger partial charge on any atom is -0.481 e. The summed E-state index contributed by atoms with van der Waals surface area (Å²) in [5, 5.41) is 7.00. The smallest absolute Gasteiger partial charge is 0.258 e. The van der Waals surface area contributed by atoms with Crippen LogP contribution in [0.25, 0.3) is 0 Å². The van der Waals surface area contributed by atoms with E-state index in [1.165, 1.54) is 0 Å². The van der Waals surface area contributed by atoms with Crippen LogP contribution >= 0.6 is 0 Å². The highest BCUT2D eigenvalue weighted by atomic mass is 16.5. The Hall–Kier alpha value is -3.15. The Kier molecular flexibility index (Phi) is 4.33. The molecule has 116 valence electrons. The van der Waals surface area contributed by atoms with Crippen molar-refractivity contribution >= 4 is 11.6 Å². The number of carbonyl (C=O) groups excluding carboxylic acids is 1. The van der Waals surface area contributed by atoms with Gasteiger partial charge in [-0.2, -0.15) is 5.10 Å². The lowest BCUT2D eigenvalue weighted by Crippen LogP contribution is -2.11. The summed E-state index contributed by atoms with van der Waals surface area (Å²) in [5.74, 6) is 0.273. The first-order valence-electron chi connectivity index (χ1n) is 7.12. The van der Waals surface area contributed by atoms with Crippen molar-refractivity contribution in [3.8, 4) is 5.88 Å². The fourth-order valence-electron chi connectivity index (χ4n) is 2.12. The fourth-order valence-corrected chi connectivity index (χ4v) is 2.12. The predicted molar refractivity (Wildman–Crippen MR) is 86.5 cm³/mol. The van der Waals surface area contributed by atoms with Crippen molar-refractivity contribution in [3.63, 3.8) is 0 Å². The van der Waals surface area contributed by atoms with Crippen LogP contribution in [0, 0.1) is 0 Å². The third-order valence-electron chi connectivity index (χ3n) is 3.29. The van der Waals surface area contributed by atoms with Gasteiger partial charge >= 0.3 is 0 Å². The van der Waals surface area contributed by atoms with Crippen LogP contribution in [0.15, 0.2) is 61.1 Å². The monoisotopic (exact) mass is 308 g/mol. The lowest BCUT2D eigenvalue weighted by molar-refractivity contribution is 0.102. The minimum absolute atomic E-state index is 0.226. The van der Waals surface area contributed by atoms with E-state index in [0.717, 1.165) is 5.56 Å². The molecule has 6 heteroatoms. The second kappa shape index (κ2) is 6.74. The van der Waals surface area contributed by atoms with E-state index in [1.807, 2.05) is 30.3 Å². The third kappa shape index (κ3) is 3.74. The first kappa shape index (κ1) is 14.8. The second-order valence-electron chi connectivity index (χ2n) is 4.96. The summed E-state index contributed by atoms with van der Waals surface area (Å²) >= 11 is 0. The van der Waals surface area contributed by atoms with Gasteiger partial charge in [0.25, 0.3) is 5.91 Å². The molecule has 0 fully saturated rings. The van der Waals surface area contributed by atoms with Gasteiger partial charge in [-0.3, -0.25) is 9.48 Å². The Morgan fingerprint density at radius 1 is 1.17 bits per heavy atom. The summed E-state index contributed by atoms with van der Waals surface area (Å²) in [6.45, 7) is 0.623. The molecule has 0 bridgehead atoms. The van der Waals surface area contributed by atoms with Crippen molar-refractivity contribution in [3.05, 3.63) is 72.2 Å². The quantitative estimate of drug-likeness (QED) is 0.786. The maximum Gasteiger partial charge on any atom is 0.258 e. The van der Waals surface area contributed by atoms with Crippen molar-refractivity contribution in [2.24, 2.45) is 0 Å². The van der Waals surface area contributed by atoms with Crippen molar-refractivity contribution in [1.82, 2.24) is 14.8 Å². The average Bonchev–Trinajstić information content (AvgIpc) is 3.05. The van der Waals surface area contributed by atoms with Crippen LogP contribution in [0.2, 0.25) is 0 Å². The Labute approximate surface area is 133 Å². The van der Waals surface area contributed by atoms with Crippen molar-refractivity contribution in [2.75, 3.05) is 12.4 Å². The van der Waals surface area contributed by atoms with Gasteiger partial charge in [-0.05, 0) is 11.6 Å². The number of rotatable bonds is 5. The topological polar surface area (TPSA) is 69.0 Å². The molecule has 0 spiro atoms. The molecule has 2 heterocycles. The maximum atomic E-state index is 12.2. The first-order valence-corrected chi connectivity index (χ1v) is 7.12. The van der Waals surface area contributed by atoms with E-state index < -0.39 is 0 Å². The molecular formula is C17H16N4O2. The van der Waals surface area contributed by atoms with Gasteiger partial charge in [-0.25, -0.2) is 4.98 Å². The molecule has 3 rings (SSSR count). The molecule has 0 unspecified atom stereocenters. The maximum absolute atomic E-state index is 12.2. The molecular weight excluding hydrogens is 292 g/mol. The van der Waals surface area contributed by atoms with Crippen LogP contribution in [0.3, 0.4) is 0 Å². The van der Waals surface area contributed by atoms with E-state index >= 15 is 0 Å². The number of nitrogens with zero attached hydrogens (tertiary/aromatic N) is 3. The third-order valence-corrected chi connectivity index (χ3v) is 3.29. The van der Waals surface area contributed by atoms with Gasteiger partial charge in [0.05, 0.1) is 37.3 Å². The molecule has 0 saturated carbocycles. The lowest BCUT2D eigenvalue weighted by Gasteiger charge is -2.04. The number of methoxy groups -OCH3 is 1. The molecule has 0 atom stereocenters. The van der Waals surface area contributed by atoms with Crippen molar-refractivity contribution in [2.45, 2.75) is 6.54 Å². The van der Waals surface area contributed by atoms with Gasteiger partial charge in [0, 0.05) is 12.3 Å². The number of hydrogen-bond acceptors (Lipinski definition) is 4. The summed E-state index contributed by atoms with van der Waals surface area (Å²) in [6, 6.07) is 13.4. The Balaban J connectivity index is 1.66. The highest BCUT2D eigenvalue weighted by Gasteiger charge is 2.09. The largest absolute Gasteiger partial charge is 0.481 e. The number of hydrogen-bond donors (Lipinski definition) is 1. The summed E-state index contributed by atoms with van der Waals surface area (Å²) in [4.78, 5) is 16.3. The average molecular weight is 308 g/mol. The molecule has 1 aromatic carbocycles. The SMILES string of the molecule is COc1ccc(NC(=O)c2cnn(Cc3ccccc3)c2)cn1. The van der Waals surface area contributed by atoms with Crippen LogP contribution in [-0.4, -0.2) is 27.8 Å². The standard InChI is InChI=1S/C17H16N4O2/c1-23-16-8-7-15(10-18-16)20-17(22)14-9-19-21(12-14)11-13-5-3-2-4-6-13/h2-10,12H,11H2,1H3,(H,20,22). The fraction of sp³-hybridized carbons (Fsp3) is 0.118. The molecule has 0 radical (unpaired) electrons. The molecule has 2 aromatic heterocycles. The molecule has 3 aromatic rings. The number of pyridine rings is 1. The Morgan fingerprint density at radius 3 is 2.70 bits per heavy atom. The number of carbonyl (C=O) groups is 1. The van der Waals surface area contributed by atoms with E-state index in [2.05, 4.69) is 15.4 Å². The summed E-state index contributed by atoms with van der Waals surface area (Å²) in [5.41, 5.74) is 2.23. The predicted octanol–water partition coefficient (Wildman–Crippen LogP) is 2.59. The number of benzene rings is 1. The van der Waals surface area contributed by atoms with Crippen molar-refractivity contribution in [1.29, 1.82) is 0 Å². The van der Waals surface area contributed by atoms with E-state index in [-0.39, 0.29) is 5.91 Å². The number of ether oxygens (including phenoxy) is 1. The van der Waals surface area contributed by atoms with Gasteiger partial charge in [-0.1, -0.05) is 30.3 Å². The lowest BCUT2D eigenvalue weighted by atomic mass is 10.2. The summed E-state index contributed by atoms with van der Waals surface area (Å²) < 4.78 is 6.71. The second-order valence-corrected chi connectivity index (χ2v) is 4.96. The van der Waals surface area contributed by atoms with Crippen molar-refractivity contribution < 1.29 is 9.53 Å². The number of aromatic nitrogens is 3. The zero-order chi connectivity index (χ0) is 16.1. The van der Waals surface area contributed by atoms with E-state index in [0.29, 0.717) is 23.7 Å². The number of amides is 1. The molecule has 23 heavy (non-hydrogen) atoms. The van der Waals surface area contributed by atoms with Gasteiger partial charge in [0.1, 0.15) is 0 Å². The highest BCUT2D eigenvalue weighted by Crippen LogP contribution is 2.12. The molecule has 1 amide bonds. The Morgan fingerprint density at radius 2 is 2.00 bits per heavy atom. The van der Waals surface area contributed by atoms with Gasteiger partial charge < -0.3 is 10.1 Å². The normalized spacial score (nSPS) is 10.3. The number of anilines is 1. The molecule has 0 saturated heterocycles. The number of nitrogens with one attached hydrogen (secondary N) is 1. The highest BCUT2D eigenvalue weighted by molar-refractivity contribution is 6.03. The van der Waals surface area contributed by atoms with Gasteiger partial charge in [0.2, 0.25) is 5.88 Å². The van der Waals surface area contributed by atoms with E-state index in [9.17, 15) is 4.79 Å². The molecule has 0 aliphatic carbocycles. The van der Waals surface area contributed by atoms with Gasteiger partial charge in [0.15, 0.2) is 0 Å². The van der Waals surface area contributed by atoms with E-state index in [1.54, 1.807) is 42.5 Å². The zero-order valence-corrected chi connectivity index (χ0v) is 12.6. The molecule has 1 N–H and O–H groups in total. The van der Waals surface area contributed by atoms with Crippen LogP contribution in [-0.2, 0) is 6.54 Å². The van der Waals surface area contributed by atoms with E-state index in [4.69, 9.17) is 4.74 Å². The van der Waals surface area contributed by atoms with Gasteiger partial charge in [-0.15, -0.1) is 0 Å². The summed E-state index contributed by atoms with van der Waals surface area (Å²) in [6.07, 6.45) is 4.82. The van der Waals surface area contributed by atoms with Crippen LogP contribution in [0.4, 0.5) is 5.69 Å². The molecule has 6 nitrogen and oxygen atoms in total.